The number of hydrogen-bond acceptors (Lipinski definition) is 3. The van der Waals surface area contributed by atoms with E-state index < -0.39 is 0 Å². The highest BCUT2D eigenvalue weighted by atomic mass is 79.9. The minimum Gasteiger partial charge on any atom is -0.383 e. The van der Waals surface area contributed by atoms with Gasteiger partial charge in [0.1, 0.15) is 5.37 Å². The van der Waals surface area contributed by atoms with Gasteiger partial charge in [-0.25, -0.2) is 0 Å². The third-order valence-corrected chi connectivity index (χ3v) is 5.56. The first kappa shape index (κ1) is 15.6. The standard InChI is InChI=1S/C16H17BrN2O2S/c1-21-9-8-19-15(20)11-22-16(19)12-6-7-18(10-12)14-5-3-2-4-13(14)17/h2-7,10,16H,8-9,11H2,1H3. The van der Waals surface area contributed by atoms with Crippen molar-refractivity contribution in [1.29, 1.82) is 0 Å². The molecule has 0 saturated carbocycles. The van der Waals surface area contributed by atoms with Gasteiger partial charge in [-0.1, -0.05) is 12.1 Å². The van der Waals surface area contributed by atoms with Crippen LogP contribution in [-0.2, 0) is 9.53 Å². The number of ether oxygens (including phenoxy) is 1. The smallest absolute Gasteiger partial charge is 0.233 e. The fourth-order valence-corrected chi connectivity index (χ4v) is 4.22. The topological polar surface area (TPSA) is 34.5 Å². The normalized spacial score (nSPS) is 18.2. The van der Waals surface area contributed by atoms with Crippen molar-refractivity contribution in [3.05, 3.63) is 52.8 Å². The molecule has 1 aromatic carbocycles. The number of amides is 1. The van der Waals surface area contributed by atoms with Gasteiger partial charge in [-0.15, -0.1) is 11.8 Å². The Morgan fingerprint density at radius 1 is 1.36 bits per heavy atom. The summed E-state index contributed by atoms with van der Waals surface area (Å²) in [5, 5.41) is 0.0754. The molecule has 0 bridgehead atoms. The molecule has 0 aliphatic carbocycles. The molecule has 0 N–H and O–H groups in total. The summed E-state index contributed by atoms with van der Waals surface area (Å²) in [5.74, 6) is 0.717. The van der Waals surface area contributed by atoms with Gasteiger partial charge in [0.25, 0.3) is 0 Å². The van der Waals surface area contributed by atoms with Gasteiger partial charge in [0, 0.05) is 36.1 Å². The zero-order chi connectivity index (χ0) is 15.5. The molecule has 1 amide bonds. The molecule has 1 aliphatic rings. The maximum Gasteiger partial charge on any atom is 0.233 e. The van der Waals surface area contributed by atoms with Gasteiger partial charge >= 0.3 is 0 Å². The fraction of sp³-hybridized carbons (Fsp3) is 0.312. The lowest BCUT2D eigenvalue weighted by atomic mass is 10.3. The minimum atomic E-state index is 0.0754. The summed E-state index contributed by atoms with van der Waals surface area (Å²) in [5.41, 5.74) is 2.23. The molecule has 6 heteroatoms. The Hall–Kier alpha value is -1.24. The van der Waals surface area contributed by atoms with Crippen LogP contribution in [0.15, 0.2) is 47.2 Å². The van der Waals surface area contributed by atoms with Gasteiger partial charge in [0.15, 0.2) is 0 Å². The first-order valence-electron chi connectivity index (χ1n) is 7.03. The van der Waals surface area contributed by atoms with Crippen LogP contribution in [-0.4, -0.2) is 41.4 Å². The number of hydrogen-bond donors (Lipinski definition) is 0. The van der Waals surface area contributed by atoms with Crippen molar-refractivity contribution < 1.29 is 9.53 Å². The quantitative estimate of drug-likeness (QED) is 0.796. The number of halogens is 1. The summed E-state index contributed by atoms with van der Waals surface area (Å²) < 4.78 is 8.24. The van der Waals surface area contributed by atoms with Gasteiger partial charge in [0.05, 0.1) is 18.0 Å². The van der Waals surface area contributed by atoms with Gasteiger partial charge in [-0.3, -0.25) is 4.79 Å². The van der Waals surface area contributed by atoms with Crippen LogP contribution in [0.2, 0.25) is 0 Å². The third kappa shape index (κ3) is 3.09. The second-order valence-corrected chi connectivity index (χ2v) is 6.97. The van der Waals surface area contributed by atoms with E-state index in [-0.39, 0.29) is 11.3 Å². The lowest BCUT2D eigenvalue weighted by Gasteiger charge is -2.22. The van der Waals surface area contributed by atoms with Crippen molar-refractivity contribution in [2.75, 3.05) is 26.0 Å². The second-order valence-electron chi connectivity index (χ2n) is 5.05. The third-order valence-electron chi connectivity index (χ3n) is 3.64. The Bertz CT molecular complexity index is 674. The van der Waals surface area contributed by atoms with Gasteiger partial charge in [-0.2, -0.15) is 0 Å². The largest absolute Gasteiger partial charge is 0.383 e. The maximum absolute atomic E-state index is 12.0. The highest BCUT2D eigenvalue weighted by Crippen LogP contribution is 2.39. The van der Waals surface area contributed by atoms with Crippen LogP contribution in [0.4, 0.5) is 0 Å². The van der Waals surface area contributed by atoms with Crippen molar-refractivity contribution in [3.8, 4) is 5.69 Å². The van der Waals surface area contributed by atoms with E-state index in [0.29, 0.717) is 18.9 Å². The first-order chi connectivity index (χ1) is 10.7. The van der Waals surface area contributed by atoms with Crippen LogP contribution in [0.5, 0.6) is 0 Å². The second kappa shape index (κ2) is 6.89. The summed E-state index contributed by atoms with van der Waals surface area (Å²) >= 11 is 5.24. The number of benzene rings is 1. The monoisotopic (exact) mass is 380 g/mol. The van der Waals surface area contributed by atoms with Crippen LogP contribution in [0.25, 0.3) is 5.69 Å². The fourth-order valence-electron chi connectivity index (χ4n) is 2.53. The Morgan fingerprint density at radius 3 is 2.95 bits per heavy atom. The number of carbonyl (C=O) groups excluding carboxylic acids is 1. The van der Waals surface area contributed by atoms with Crippen molar-refractivity contribution in [1.82, 2.24) is 9.47 Å². The Morgan fingerprint density at radius 2 is 2.18 bits per heavy atom. The van der Waals surface area contributed by atoms with Crippen molar-refractivity contribution in [3.63, 3.8) is 0 Å². The lowest BCUT2D eigenvalue weighted by Crippen LogP contribution is -2.31. The number of aromatic nitrogens is 1. The molecular weight excluding hydrogens is 364 g/mol. The van der Waals surface area contributed by atoms with E-state index >= 15 is 0 Å². The minimum absolute atomic E-state index is 0.0754. The molecular formula is C16H17BrN2O2S. The van der Waals surface area contributed by atoms with Gasteiger partial charge < -0.3 is 14.2 Å². The number of para-hydroxylation sites is 1. The molecule has 1 aliphatic heterocycles. The SMILES string of the molecule is COCCN1C(=O)CSC1c1ccn(-c2ccccc2Br)c1. The van der Waals surface area contributed by atoms with Crippen LogP contribution in [0, 0.1) is 0 Å². The molecule has 1 unspecified atom stereocenters. The van der Waals surface area contributed by atoms with E-state index in [1.165, 1.54) is 0 Å². The molecule has 1 fully saturated rings. The highest BCUT2D eigenvalue weighted by Gasteiger charge is 2.32. The Kier molecular flexibility index (Phi) is 4.90. The maximum atomic E-state index is 12.0. The van der Waals surface area contributed by atoms with E-state index in [9.17, 15) is 4.79 Å². The Balaban J connectivity index is 1.84. The molecule has 4 nitrogen and oxygen atoms in total. The molecule has 1 atom stereocenters. The van der Waals surface area contributed by atoms with Crippen molar-refractivity contribution in [2.45, 2.75) is 5.37 Å². The average Bonchev–Trinajstić information content (AvgIpc) is 3.12. The molecule has 1 saturated heterocycles. The molecule has 0 radical (unpaired) electrons. The van der Waals surface area contributed by atoms with Crippen LogP contribution >= 0.6 is 27.7 Å². The zero-order valence-corrected chi connectivity index (χ0v) is 14.6. The number of nitrogens with zero attached hydrogens (tertiary/aromatic N) is 2. The number of thioether (sulfide) groups is 1. The summed E-state index contributed by atoms with van der Waals surface area (Å²) in [4.78, 5) is 13.9. The highest BCUT2D eigenvalue weighted by molar-refractivity contribution is 9.10. The van der Waals surface area contributed by atoms with E-state index in [4.69, 9.17) is 4.74 Å². The molecule has 116 valence electrons. The van der Waals surface area contributed by atoms with E-state index in [1.807, 2.05) is 29.3 Å². The summed E-state index contributed by atoms with van der Waals surface area (Å²) in [6.45, 7) is 1.20. The molecule has 2 heterocycles. The number of methoxy groups -OCH3 is 1. The molecule has 3 rings (SSSR count). The summed E-state index contributed by atoms with van der Waals surface area (Å²) in [6.07, 6.45) is 4.13. The predicted molar refractivity (Wildman–Crippen MR) is 92.3 cm³/mol. The number of carbonyl (C=O) groups is 1. The summed E-state index contributed by atoms with van der Waals surface area (Å²) in [7, 11) is 1.66. The van der Waals surface area contributed by atoms with Crippen LogP contribution in [0.1, 0.15) is 10.9 Å². The molecule has 0 spiro atoms. The van der Waals surface area contributed by atoms with E-state index in [0.717, 1.165) is 15.7 Å². The first-order valence-corrected chi connectivity index (χ1v) is 8.87. The van der Waals surface area contributed by atoms with E-state index in [1.54, 1.807) is 18.9 Å². The predicted octanol–water partition coefficient (Wildman–Crippen LogP) is 3.46. The molecule has 22 heavy (non-hydrogen) atoms. The van der Waals surface area contributed by atoms with Gasteiger partial charge in [-0.05, 0) is 34.1 Å². The molecule has 1 aromatic heterocycles. The lowest BCUT2D eigenvalue weighted by molar-refractivity contribution is -0.128. The molecule has 2 aromatic rings. The van der Waals surface area contributed by atoms with Crippen LogP contribution < -0.4 is 0 Å². The van der Waals surface area contributed by atoms with Crippen molar-refractivity contribution in [2.24, 2.45) is 0 Å². The van der Waals surface area contributed by atoms with Gasteiger partial charge in [0.2, 0.25) is 5.91 Å². The Labute approximate surface area is 142 Å². The number of rotatable bonds is 5. The average molecular weight is 381 g/mol. The van der Waals surface area contributed by atoms with Crippen LogP contribution in [0.3, 0.4) is 0 Å². The summed E-state index contributed by atoms with van der Waals surface area (Å²) in [6, 6.07) is 10.2. The van der Waals surface area contributed by atoms with Crippen molar-refractivity contribution >= 4 is 33.6 Å². The zero-order valence-electron chi connectivity index (χ0n) is 12.2. The van der Waals surface area contributed by atoms with E-state index in [2.05, 4.69) is 38.8 Å².